The van der Waals surface area contributed by atoms with Crippen molar-refractivity contribution in [3.05, 3.63) is 24.3 Å². The Hall–Kier alpha value is -1.99. The van der Waals surface area contributed by atoms with E-state index < -0.39 is 0 Å². The molecule has 1 aromatic carbocycles. The lowest BCUT2D eigenvalue weighted by atomic mass is 10.2. The Morgan fingerprint density at radius 3 is 3.10 bits per heavy atom. The standard InChI is InChI=1S/C14H14N4O2S/c1-2-6-11-10(5-1)16-13(21-11)12-17-18-14(20-12)15-8-9-4-3-7-19-9/h1-2,5-6,9H,3-4,7-8H2,(H,15,18). The quantitative estimate of drug-likeness (QED) is 0.799. The van der Waals surface area contributed by atoms with E-state index in [1.54, 1.807) is 11.3 Å². The molecule has 1 saturated heterocycles. The van der Waals surface area contributed by atoms with Crippen molar-refractivity contribution in [1.29, 1.82) is 0 Å². The van der Waals surface area contributed by atoms with E-state index in [-0.39, 0.29) is 6.10 Å². The Kier molecular flexibility index (Phi) is 3.28. The molecule has 21 heavy (non-hydrogen) atoms. The Morgan fingerprint density at radius 1 is 1.29 bits per heavy atom. The number of nitrogens with one attached hydrogen (secondary N) is 1. The van der Waals surface area contributed by atoms with Crippen molar-refractivity contribution in [3.8, 4) is 10.9 Å². The zero-order valence-electron chi connectivity index (χ0n) is 11.3. The molecule has 1 atom stereocenters. The molecule has 2 aromatic heterocycles. The fourth-order valence-corrected chi connectivity index (χ4v) is 3.24. The van der Waals surface area contributed by atoms with Gasteiger partial charge in [-0.2, -0.15) is 0 Å². The van der Waals surface area contributed by atoms with Gasteiger partial charge in [0.1, 0.15) is 0 Å². The Balaban J connectivity index is 1.50. The highest BCUT2D eigenvalue weighted by atomic mass is 32.1. The van der Waals surface area contributed by atoms with Crippen molar-refractivity contribution in [2.24, 2.45) is 0 Å². The predicted octanol–water partition coefficient (Wildman–Crippen LogP) is 2.94. The summed E-state index contributed by atoms with van der Waals surface area (Å²) in [6.07, 6.45) is 2.43. The monoisotopic (exact) mass is 302 g/mol. The van der Waals surface area contributed by atoms with Gasteiger partial charge in [-0.25, -0.2) is 4.98 Å². The van der Waals surface area contributed by atoms with Crippen LogP contribution in [0.1, 0.15) is 12.8 Å². The highest BCUT2D eigenvalue weighted by molar-refractivity contribution is 7.21. The molecule has 1 unspecified atom stereocenters. The van der Waals surface area contributed by atoms with Crippen LogP contribution in [0.3, 0.4) is 0 Å². The molecule has 6 nitrogen and oxygen atoms in total. The van der Waals surface area contributed by atoms with Crippen LogP contribution in [0.2, 0.25) is 0 Å². The number of hydrogen-bond acceptors (Lipinski definition) is 7. The van der Waals surface area contributed by atoms with Gasteiger partial charge < -0.3 is 14.5 Å². The zero-order chi connectivity index (χ0) is 14.1. The van der Waals surface area contributed by atoms with Gasteiger partial charge in [-0.05, 0) is 25.0 Å². The highest BCUT2D eigenvalue weighted by Gasteiger charge is 2.17. The van der Waals surface area contributed by atoms with Crippen molar-refractivity contribution in [3.63, 3.8) is 0 Å². The summed E-state index contributed by atoms with van der Waals surface area (Å²) in [6, 6.07) is 8.38. The molecule has 1 fully saturated rings. The van der Waals surface area contributed by atoms with Gasteiger partial charge in [0.05, 0.1) is 16.3 Å². The fraction of sp³-hybridized carbons (Fsp3) is 0.357. The van der Waals surface area contributed by atoms with Crippen LogP contribution < -0.4 is 5.32 Å². The van der Waals surface area contributed by atoms with Crippen molar-refractivity contribution in [2.45, 2.75) is 18.9 Å². The van der Waals surface area contributed by atoms with E-state index in [0.717, 1.165) is 34.7 Å². The molecule has 0 bridgehead atoms. The van der Waals surface area contributed by atoms with Crippen molar-refractivity contribution in [1.82, 2.24) is 15.2 Å². The Morgan fingerprint density at radius 2 is 2.24 bits per heavy atom. The largest absolute Gasteiger partial charge is 0.401 e. The van der Waals surface area contributed by atoms with Gasteiger partial charge in [0, 0.05) is 13.2 Å². The van der Waals surface area contributed by atoms with E-state index in [0.29, 0.717) is 18.5 Å². The summed E-state index contributed by atoms with van der Waals surface area (Å²) in [5.74, 6) is 0.450. The van der Waals surface area contributed by atoms with Crippen LogP contribution in [0, 0.1) is 0 Å². The first-order valence-electron chi connectivity index (χ1n) is 6.93. The minimum Gasteiger partial charge on any atom is -0.401 e. The normalized spacial score (nSPS) is 18.4. The number of thiazole rings is 1. The highest BCUT2D eigenvalue weighted by Crippen LogP contribution is 2.29. The van der Waals surface area contributed by atoms with E-state index in [1.807, 2.05) is 24.3 Å². The van der Waals surface area contributed by atoms with E-state index in [9.17, 15) is 0 Å². The second kappa shape index (κ2) is 5.42. The van der Waals surface area contributed by atoms with Crippen LogP contribution in [0.25, 0.3) is 21.1 Å². The fourth-order valence-electron chi connectivity index (χ4n) is 2.35. The minimum atomic E-state index is 0.239. The molecular formula is C14H14N4O2S. The number of rotatable bonds is 4. The summed E-state index contributed by atoms with van der Waals surface area (Å²) >= 11 is 1.55. The maximum Gasteiger partial charge on any atom is 0.315 e. The van der Waals surface area contributed by atoms with Gasteiger partial charge in [0.15, 0.2) is 5.01 Å². The maximum absolute atomic E-state index is 5.62. The Bertz CT molecular complexity index is 715. The lowest BCUT2D eigenvalue weighted by Crippen LogP contribution is -2.18. The first-order chi connectivity index (χ1) is 10.4. The van der Waals surface area contributed by atoms with E-state index >= 15 is 0 Å². The number of nitrogens with zero attached hydrogens (tertiary/aromatic N) is 3. The van der Waals surface area contributed by atoms with Crippen LogP contribution in [0.5, 0.6) is 0 Å². The second-order valence-electron chi connectivity index (χ2n) is 4.92. The maximum atomic E-state index is 5.62. The lowest BCUT2D eigenvalue weighted by molar-refractivity contribution is 0.120. The smallest absolute Gasteiger partial charge is 0.315 e. The van der Waals surface area contributed by atoms with Crippen LogP contribution in [-0.2, 0) is 4.74 Å². The topological polar surface area (TPSA) is 73.1 Å². The molecular weight excluding hydrogens is 288 g/mol. The Labute approximate surface area is 125 Å². The summed E-state index contributed by atoms with van der Waals surface area (Å²) in [6.45, 7) is 1.54. The summed E-state index contributed by atoms with van der Waals surface area (Å²) in [5.41, 5.74) is 0.949. The predicted molar refractivity (Wildman–Crippen MR) is 80.4 cm³/mol. The second-order valence-corrected chi connectivity index (χ2v) is 5.95. The molecule has 0 amide bonds. The molecule has 1 N–H and O–H groups in total. The molecule has 1 aliphatic heterocycles. The number of fused-ring (bicyclic) bond motifs is 1. The third-order valence-corrected chi connectivity index (χ3v) is 4.43. The molecule has 7 heteroatoms. The van der Waals surface area contributed by atoms with Crippen molar-refractivity contribution in [2.75, 3.05) is 18.5 Å². The van der Waals surface area contributed by atoms with Crippen LogP contribution >= 0.6 is 11.3 Å². The summed E-state index contributed by atoms with van der Waals surface area (Å²) in [4.78, 5) is 4.50. The third kappa shape index (κ3) is 2.62. The summed E-state index contributed by atoms with van der Waals surface area (Å²) in [7, 11) is 0. The molecule has 4 rings (SSSR count). The SMILES string of the molecule is c1ccc2sc(-c3nnc(NCC4CCCO4)o3)nc2c1. The number of anilines is 1. The number of benzene rings is 1. The van der Waals surface area contributed by atoms with Gasteiger partial charge in [0.2, 0.25) is 0 Å². The minimum absolute atomic E-state index is 0.239. The molecule has 1 aliphatic rings. The van der Waals surface area contributed by atoms with E-state index in [2.05, 4.69) is 20.5 Å². The first kappa shape index (κ1) is 12.7. The molecule has 3 aromatic rings. The van der Waals surface area contributed by atoms with Crippen LogP contribution in [-0.4, -0.2) is 34.4 Å². The average Bonchev–Trinajstić information content (AvgIpc) is 3.24. The van der Waals surface area contributed by atoms with Gasteiger partial charge in [-0.1, -0.05) is 17.2 Å². The molecule has 0 aliphatic carbocycles. The zero-order valence-corrected chi connectivity index (χ0v) is 12.1. The van der Waals surface area contributed by atoms with Gasteiger partial charge >= 0.3 is 6.01 Å². The van der Waals surface area contributed by atoms with E-state index in [4.69, 9.17) is 9.15 Å². The molecule has 0 radical (unpaired) electrons. The number of hydrogen-bond donors (Lipinski definition) is 1. The third-order valence-electron chi connectivity index (χ3n) is 3.41. The number of aromatic nitrogens is 3. The van der Waals surface area contributed by atoms with Crippen molar-refractivity contribution >= 4 is 27.6 Å². The van der Waals surface area contributed by atoms with Crippen LogP contribution in [0.4, 0.5) is 6.01 Å². The van der Waals surface area contributed by atoms with E-state index in [1.165, 1.54) is 0 Å². The average molecular weight is 302 g/mol. The number of para-hydroxylation sites is 1. The summed E-state index contributed by atoms with van der Waals surface area (Å²) < 4.78 is 12.3. The number of ether oxygens (including phenoxy) is 1. The molecule has 0 saturated carbocycles. The van der Waals surface area contributed by atoms with Gasteiger partial charge in [-0.15, -0.1) is 16.4 Å². The van der Waals surface area contributed by atoms with Gasteiger partial charge in [-0.3, -0.25) is 0 Å². The molecule has 3 heterocycles. The first-order valence-corrected chi connectivity index (χ1v) is 7.75. The lowest BCUT2D eigenvalue weighted by Gasteiger charge is -2.07. The van der Waals surface area contributed by atoms with Crippen molar-refractivity contribution < 1.29 is 9.15 Å². The molecule has 108 valence electrons. The molecule has 0 spiro atoms. The van der Waals surface area contributed by atoms with Gasteiger partial charge in [0.25, 0.3) is 5.89 Å². The van der Waals surface area contributed by atoms with Crippen LogP contribution in [0.15, 0.2) is 28.7 Å². The summed E-state index contributed by atoms with van der Waals surface area (Å²) in [5, 5.41) is 11.9.